The van der Waals surface area contributed by atoms with Gasteiger partial charge in [0.2, 0.25) is 5.91 Å². The van der Waals surface area contributed by atoms with E-state index in [1.807, 2.05) is 19.1 Å². The Morgan fingerprint density at radius 3 is 2.68 bits per heavy atom. The molecule has 1 rings (SSSR count). The van der Waals surface area contributed by atoms with Crippen LogP contribution in [0.5, 0.6) is 0 Å². The van der Waals surface area contributed by atoms with Gasteiger partial charge in [0.15, 0.2) is 0 Å². The maximum absolute atomic E-state index is 11.9. The van der Waals surface area contributed by atoms with Crippen LogP contribution < -0.4 is 10.6 Å². The smallest absolute Gasteiger partial charge is 0.242 e. The highest BCUT2D eigenvalue weighted by molar-refractivity contribution is 9.10. The van der Waals surface area contributed by atoms with Crippen LogP contribution >= 0.6 is 27.5 Å². The van der Waals surface area contributed by atoms with Gasteiger partial charge in [-0.05, 0) is 37.5 Å². The van der Waals surface area contributed by atoms with E-state index in [1.54, 1.807) is 6.07 Å². The second-order valence-corrected chi connectivity index (χ2v) is 6.29. The third kappa shape index (κ3) is 5.83. The molecule has 0 saturated carbocycles. The Morgan fingerprint density at radius 1 is 1.37 bits per heavy atom. The number of halogens is 2. The van der Waals surface area contributed by atoms with Crippen LogP contribution in [0.15, 0.2) is 22.7 Å². The van der Waals surface area contributed by atoms with E-state index in [-0.39, 0.29) is 11.9 Å². The Hall–Kier alpha value is -0.740. The molecular weight excluding hydrogens is 328 g/mol. The highest BCUT2D eigenvalue weighted by Gasteiger charge is 2.13. The van der Waals surface area contributed by atoms with Crippen molar-refractivity contribution in [1.82, 2.24) is 5.32 Å². The van der Waals surface area contributed by atoms with Crippen LogP contribution in [0.3, 0.4) is 0 Å². The second kappa shape index (κ2) is 7.75. The van der Waals surface area contributed by atoms with Crippen molar-refractivity contribution in [3.8, 4) is 0 Å². The van der Waals surface area contributed by atoms with Crippen molar-refractivity contribution >= 4 is 39.1 Å². The summed E-state index contributed by atoms with van der Waals surface area (Å²) >= 11 is 9.46. The lowest BCUT2D eigenvalue weighted by atomic mass is 10.1. The maximum Gasteiger partial charge on any atom is 0.242 e. The number of carbonyl (C=O) groups excluding carboxylic acids is 1. The van der Waals surface area contributed by atoms with E-state index in [4.69, 9.17) is 11.6 Å². The summed E-state index contributed by atoms with van der Waals surface area (Å²) in [5, 5.41) is 6.63. The van der Waals surface area contributed by atoms with Gasteiger partial charge in [-0.2, -0.15) is 0 Å². The summed E-state index contributed by atoms with van der Waals surface area (Å²) in [6.45, 7) is 6.79. The number of benzene rings is 1. The Kier molecular flexibility index (Phi) is 6.66. The number of hydrogen-bond donors (Lipinski definition) is 2. The molecule has 0 saturated heterocycles. The zero-order chi connectivity index (χ0) is 14.4. The summed E-state index contributed by atoms with van der Waals surface area (Å²) in [5.41, 5.74) is 0.752. The third-order valence-electron chi connectivity index (χ3n) is 2.71. The first kappa shape index (κ1) is 16.3. The molecular formula is C14H20BrClN2O. The van der Waals surface area contributed by atoms with Gasteiger partial charge in [-0.25, -0.2) is 0 Å². The minimum absolute atomic E-state index is 0.0170. The molecule has 0 aromatic heterocycles. The Balaban J connectivity index is 2.51. The van der Waals surface area contributed by atoms with E-state index < -0.39 is 0 Å². The SMILES string of the molecule is CC(C)CCNC(=O)C(C)Nc1cc(Br)ccc1Cl. The van der Waals surface area contributed by atoms with Gasteiger partial charge in [0.25, 0.3) is 0 Å². The van der Waals surface area contributed by atoms with Crippen molar-refractivity contribution < 1.29 is 4.79 Å². The minimum atomic E-state index is -0.320. The molecule has 1 atom stereocenters. The van der Waals surface area contributed by atoms with Crippen LogP contribution in [-0.2, 0) is 4.79 Å². The molecule has 1 amide bonds. The number of amides is 1. The molecule has 0 aliphatic rings. The lowest BCUT2D eigenvalue weighted by Crippen LogP contribution is -2.38. The first-order valence-corrected chi connectivity index (χ1v) is 7.56. The molecule has 0 heterocycles. The summed E-state index contributed by atoms with van der Waals surface area (Å²) in [4.78, 5) is 11.9. The lowest BCUT2D eigenvalue weighted by Gasteiger charge is -2.17. The number of hydrogen-bond acceptors (Lipinski definition) is 2. The van der Waals surface area contributed by atoms with Gasteiger partial charge >= 0.3 is 0 Å². The number of carbonyl (C=O) groups is 1. The monoisotopic (exact) mass is 346 g/mol. The van der Waals surface area contributed by atoms with Gasteiger partial charge in [0.1, 0.15) is 6.04 Å². The fourth-order valence-electron chi connectivity index (χ4n) is 1.54. The zero-order valence-electron chi connectivity index (χ0n) is 11.5. The number of nitrogens with one attached hydrogen (secondary N) is 2. The molecule has 2 N–H and O–H groups in total. The summed E-state index contributed by atoms with van der Waals surface area (Å²) in [6, 6.07) is 5.19. The predicted octanol–water partition coefficient (Wildman–Crippen LogP) is 4.07. The Morgan fingerprint density at radius 2 is 2.05 bits per heavy atom. The molecule has 0 aliphatic carbocycles. The molecule has 1 aromatic rings. The van der Waals surface area contributed by atoms with Crippen LogP contribution in [0.25, 0.3) is 0 Å². The van der Waals surface area contributed by atoms with E-state index in [0.717, 1.165) is 16.6 Å². The lowest BCUT2D eigenvalue weighted by molar-refractivity contribution is -0.121. The van der Waals surface area contributed by atoms with Gasteiger partial charge in [0, 0.05) is 11.0 Å². The van der Waals surface area contributed by atoms with Gasteiger partial charge < -0.3 is 10.6 Å². The van der Waals surface area contributed by atoms with Gasteiger partial charge in [-0.1, -0.05) is 41.4 Å². The van der Waals surface area contributed by atoms with Crippen LogP contribution in [0.2, 0.25) is 5.02 Å². The van der Waals surface area contributed by atoms with Crippen molar-refractivity contribution in [1.29, 1.82) is 0 Å². The highest BCUT2D eigenvalue weighted by Crippen LogP contribution is 2.26. The molecule has 19 heavy (non-hydrogen) atoms. The molecule has 0 fully saturated rings. The molecule has 106 valence electrons. The van der Waals surface area contributed by atoms with Gasteiger partial charge in [-0.3, -0.25) is 4.79 Å². The third-order valence-corrected chi connectivity index (χ3v) is 3.54. The summed E-state index contributed by atoms with van der Waals surface area (Å²) in [6.07, 6.45) is 0.982. The van der Waals surface area contributed by atoms with Crippen molar-refractivity contribution in [3.05, 3.63) is 27.7 Å². The van der Waals surface area contributed by atoms with Crippen molar-refractivity contribution in [2.75, 3.05) is 11.9 Å². The van der Waals surface area contributed by atoms with E-state index in [0.29, 0.717) is 17.5 Å². The van der Waals surface area contributed by atoms with Crippen molar-refractivity contribution in [2.24, 2.45) is 5.92 Å². The van der Waals surface area contributed by atoms with E-state index in [1.165, 1.54) is 0 Å². The summed E-state index contributed by atoms with van der Waals surface area (Å²) in [5.74, 6) is 0.569. The fraction of sp³-hybridized carbons (Fsp3) is 0.500. The van der Waals surface area contributed by atoms with Crippen LogP contribution in [0, 0.1) is 5.92 Å². The standard InChI is InChI=1S/C14H20BrClN2O/c1-9(2)6-7-17-14(19)10(3)18-13-8-11(15)4-5-12(13)16/h4-5,8-10,18H,6-7H2,1-3H3,(H,17,19). The van der Waals surface area contributed by atoms with Crippen LogP contribution in [0.4, 0.5) is 5.69 Å². The topological polar surface area (TPSA) is 41.1 Å². The minimum Gasteiger partial charge on any atom is -0.373 e. The number of rotatable bonds is 6. The summed E-state index contributed by atoms with van der Waals surface area (Å²) in [7, 11) is 0. The molecule has 3 nitrogen and oxygen atoms in total. The largest absolute Gasteiger partial charge is 0.373 e. The molecule has 1 aromatic carbocycles. The molecule has 5 heteroatoms. The highest BCUT2D eigenvalue weighted by atomic mass is 79.9. The molecule has 0 bridgehead atoms. The van der Waals surface area contributed by atoms with E-state index >= 15 is 0 Å². The molecule has 0 spiro atoms. The van der Waals surface area contributed by atoms with E-state index in [2.05, 4.69) is 40.4 Å². The average molecular weight is 348 g/mol. The predicted molar refractivity (Wildman–Crippen MR) is 84.7 cm³/mol. The van der Waals surface area contributed by atoms with Crippen LogP contribution in [-0.4, -0.2) is 18.5 Å². The molecule has 0 aliphatic heterocycles. The fourth-order valence-corrected chi connectivity index (χ4v) is 2.08. The Labute approximate surface area is 128 Å². The first-order valence-electron chi connectivity index (χ1n) is 6.39. The Bertz CT molecular complexity index is 437. The number of anilines is 1. The second-order valence-electron chi connectivity index (χ2n) is 4.96. The van der Waals surface area contributed by atoms with Crippen molar-refractivity contribution in [2.45, 2.75) is 33.2 Å². The molecule has 0 radical (unpaired) electrons. The van der Waals surface area contributed by atoms with Gasteiger partial charge in [-0.15, -0.1) is 0 Å². The van der Waals surface area contributed by atoms with Crippen LogP contribution in [0.1, 0.15) is 27.2 Å². The zero-order valence-corrected chi connectivity index (χ0v) is 13.8. The maximum atomic E-state index is 11.9. The summed E-state index contributed by atoms with van der Waals surface area (Å²) < 4.78 is 0.923. The quantitative estimate of drug-likeness (QED) is 0.814. The molecule has 1 unspecified atom stereocenters. The van der Waals surface area contributed by atoms with Crippen molar-refractivity contribution in [3.63, 3.8) is 0 Å². The first-order chi connectivity index (χ1) is 8.90. The van der Waals surface area contributed by atoms with Gasteiger partial charge in [0.05, 0.1) is 10.7 Å². The normalized spacial score (nSPS) is 12.3. The average Bonchev–Trinajstić information content (AvgIpc) is 2.33. The van der Waals surface area contributed by atoms with E-state index in [9.17, 15) is 4.79 Å².